The SMILES string of the molecule is COc1ccc2cc(/C(C)=N\NC(=O)COc3ccc(F)cc3)ccc2c1. The summed E-state index contributed by atoms with van der Waals surface area (Å²) in [5, 5.41) is 6.22. The lowest BCUT2D eigenvalue weighted by Gasteiger charge is -2.07. The molecule has 0 aliphatic carbocycles. The van der Waals surface area contributed by atoms with Crippen LogP contribution in [0.25, 0.3) is 10.8 Å². The van der Waals surface area contributed by atoms with Gasteiger partial charge in [0.1, 0.15) is 17.3 Å². The number of ether oxygens (including phenoxy) is 2. The number of hydrazone groups is 1. The molecule has 6 heteroatoms. The zero-order valence-corrected chi connectivity index (χ0v) is 15.0. The molecule has 3 aromatic carbocycles. The molecule has 0 atom stereocenters. The Morgan fingerprint density at radius 2 is 1.67 bits per heavy atom. The van der Waals surface area contributed by atoms with E-state index in [1.54, 1.807) is 7.11 Å². The molecule has 138 valence electrons. The van der Waals surface area contributed by atoms with Crippen LogP contribution in [0.3, 0.4) is 0 Å². The van der Waals surface area contributed by atoms with Gasteiger partial charge in [0.15, 0.2) is 6.61 Å². The minimum Gasteiger partial charge on any atom is -0.497 e. The second-order valence-corrected chi connectivity index (χ2v) is 5.90. The van der Waals surface area contributed by atoms with E-state index in [4.69, 9.17) is 9.47 Å². The molecule has 0 aromatic heterocycles. The summed E-state index contributed by atoms with van der Waals surface area (Å²) >= 11 is 0. The minimum atomic E-state index is -0.399. The Balaban J connectivity index is 1.61. The number of hydrogen-bond donors (Lipinski definition) is 1. The summed E-state index contributed by atoms with van der Waals surface area (Å²) < 4.78 is 23.3. The van der Waals surface area contributed by atoms with Gasteiger partial charge in [-0.2, -0.15) is 5.10 Å². The number of nitrogens with one attached hydrogen (secondary N) is 1. The van der Waals surface area contributed by atoms with Crippen LogP contribution in [0.2, 0.25) is 0 Å². The zero-order chi connectivity index (χ0) is 19.2. The first kappa shape index (κ1) is 18.4. The molecule has 0 spiro atoms. The van der Waals surface area contributed by atoms with E-state index in [9.17, 15) is 9.18 Å². The molecule has 0 saturated heterocycles. The molecule has 0 heterocycles. The molecule has 0 saturated carbocycles. The number of fused-ring (bicyclic) bond motifs is 1. The first-order valence-electron chi connectivity index (χ1n) is 8.35. The van der Waals surface area contributed by atoms with Gasteiger partial charge in [-0.3, -0.25) is 4.79 Å². The third-order valence-electron chi connectivity index (χ3n) is 4.00. The zero-order valence-electron chi connectivity index (χ0n) is 15.0. The molecule has 0 aliphatic rings. The summed E-state index contributed by atoms with van der Waals surface area (Å²) in [6.45, 7) is 1.60. The van der Waals surface area contributed by atoms with Gasteiger partial charge in [0.2, 0.25) is 0 Å². The second-order valence-electron chi connectivity index (χ2n) is 5.90. The summed E-state index contributed by atoms with van der Waals surface area (Å²) in [4.78, 5) is 11.9. The van der Waals surface area contributed by atoms with Crippen molar-refractivity contribution in [3.63, 3.8) is 0 Å². The Morgan fingerprint density at radius 3 is 2.41 bits per heavy atom. The summed E-state index contributed by atoms with van der Waals surface area (Å²) in [6.07, 6.45) is 0. The smallest absolute Gasteiger partial charge is 0.277 e. The molecule has 0 fully saturated rings. The Labute approximate surface area is 156 Å². The fraction of sp³-hybridized carbons (Fsp3) is 0.143. The molecule has 5 nitrogen and oxygen atoms in total. The molecule has 1 amide bonds. The number of methoxy groups -OCH3 is 1. The average Bonchev–Trinajstić information content (AvgIpc) is 2.70. The van der Waals surface area contributed by atoms with Crippen LogP contribution in [0.4, 0.5) is 4.39 Å². The van der Waals surface area contributed by atoms with E-state index in [2.05, 4.69) is 10.5 Å². The topological polar surface area (TPSA) is 59.9 Å². The number of amides is 1. The molecule has 0 unspecified atom stereocenters. The van der Waals surface area contributed by atoms with Crippen molar-refractivity contribution in [1.82, 2.24) is 5.43 Å². The lowest BCUT2D eigenvalue weighted by molar-refractivity contribution is -0.123. The minimum absolute atomic E-state index is 0.208. The summed E-state index contributed by atoms with van der Waals surface area (Å²) in [6, 6.07) is 17.2. The van der Waals surface area contributed by atoms with Crippen LogP contribution in [0.1, 0.15) is 12.5 Å². The van der Waals surface area contributed by atoms with Crippen molar-refractivity contribution in [1.29, 1.82) is 0 Å². The quantitative estimate of drug-likeness (QED) is 0.532. The van der Waals surface area contributed by atoms with Gasteiger partial charge in [-0.25, -0.2) is 9.82 Å². The monoisotopic (exact) mass is 366 g/mol. The fourth-order valence-corrected chi connectivity index (χ4v) is 2.50. The van der Waals surface area contributed by atoms with E-state index in [0.29, 0.717) is 11.5 Å². The van der Waals surface area contributed by atoms with Crippen molar-refractivity contribution in [2.45, 2.75) is 6.92 Å². The highest BCUT2D eigenvalue weighted by molar-refractivity contribution is 6.02. The van der Waals surface area contributed by atoms with Crippen LogP contribution in [-0.4, -0.2) is 25.3 Å². The van der Waals surface area contributed by atoms with Crippen LogP contribution < -0.4 is 14.9 Å². The highest BCUT2D eigenvalue weighted by Crippen LogP contribution is 2.22. The van der Waals surface area contributed by atoms with Crippen molar-refractivity contribution in [3.05, 3.63) is 72.0 Å². The van der Waals surface area contributed by atoms with E-state index in [1.165, 1.54) is 24.3 Å². The number of nitrogens with zero attached hydrogens (tertiary/aromatic N) is 1. The number of carbonyl (C=O) groups excluding carboxylic acids is 1. The number of carbonyl (C=O) groups is 1. The predicted molar refractivity (Wildman–Crippen MR) is 103 cm³/mol. The summed E-state index contributed by atoms with van der Waals surface area (Å²) in [5.41, 5.74) is 4.02. The van der Waals surface area contributed by atoms with Gasteiger partial charge in [-0.15, -0.1) is 0 Å². The molecular formula is C21H19FN2O3. The summed E-state index contributed by atoms with van der Waals surface area (Å²) in [7, 11) is 1.63. The molecule has 0 radical (unpaired) electrons. The Hall–Kier alpha value is -3.41. The van der Waals surface area contributed by atoms with Crippen molar-refractivity contribution >= 4 is 22.4 Å². The van der Waals surface area contributed by atoms with Crippen molar-refractivity contribution in [3.8, 4) is 11.5 Å². The van der Waals surface area contributed by atoms with Crippen LogP contribution >= 0.6 is 0 Å². The Kier molecular flexibility index (Phi) is 5.66. The molecule has 27 heavy (non-hydrogen) atoms. The van der Waals surface area contributed by atoms with Crippen LogP contribution in [0.5, 0.6) is 11.5 Å². The number of hydrogen-bond acceptors (Lipinski definition) is 4. The normalized spacial score (nSPS) is 11.3. The van der Waals surface area contributed by atoms with E-state index >= 15 is 0 Å². The van der Waals surface area contributed by atoms with Gasteiger partial charge >= 0.3 is 0 Å². The number of rotatable bonds is 6. The maximum atomic E-state index is 12.8. The molecule has 0 aliphatic heterocycles. The van der Waals surface area contributed by atoms with Gasteiger partial charge in [-0.05, 0) is 65.7 Å². The molecule has 1 N–H and O–H groups in total. The predicted octanol–water partition coefficient (Wildman–Crippen LogP) is 3.91. The Bertz CT molecular complexity index is 984. The number of benzene rings is 3. The molecule has 3 aromatic rings. The van der Waals surface area contributed by atoms with Crippen molar-refractivity contribution in [2.24, 2.45) is 5.10 Å². The second kappa shape index (κ2) is 8.31. The number of halogens is 1. The standard InChI is InChI=1S/C21H19FN2O3/c1-14(15-3-4-17-12-20(26-2)8-5-16(17)11-15)23-24-21(25)13-27-19-9-6-18(22)7-10-19/h3-12H,13H2,1-2H3,(H,24,25)/b23-14-. The highest BCUT2D eigenvalue weighted by Gasteiger charge is 2.05. The molecule has 3 rings (SSSR count). The fourth-order valence-electron chi connectivity index (χ4n) is 2.50. The van der Waals surface area contributed by atoms with E-state index < -0.39 is 5.91 Å². The third kappa shape index (κ3) is 4.82. The Morgan fingerprint density at radius 1 is 1.00 bits per heavy atom. The van der Waals surface area contributed by atoms with Gasteiger partial charge in [0, 0.05) is 0 Å². The van der Waals surface area contributed by atoms with Crippen molar-refractivity contribution in [2.75, 3.05) is 13.7 Å². The maximum Gasteiger partial charge on any atom is 0.277 e. The molecular weight excluding hydrogens is 347 g/mol. The average molecular weight is 366 g/mol. The maximum absolute atomic E-state index is 12.8. The first-order valence-corrected chi connectivity index (χ1v) is 8.35. The largest absolute Gasteiger partial charge is 0.497 e. The van der Waals surface area contributed by atoms with Gasteiger partial charge in [-0.1, -0.05) is 18.2 Å². The van der Waals surface area contributed by atoms with Gasteiger partial charge < -0.3 is 9.47 Å². The van der Waals surface area contributed by atoms with Crippen LogP contribution in [0, 0.1) is 5.82 Å². The lowest BCUT2D eigenvalue weighted by atomic mass is 10.0. The van der Waals surface area contributed by atoms with Crippen molar-refractivity contribution < 1.29 is 18.7 Å². The molecule has 0 bridgehead atoms. The van der Waals surface area contributed by atoms with E-state index in [-0.39, 0.29) is 12.4 Å². The third-order valence-corrected chi connectivity index (χ3v) is 4.00. The first-order chi connectivity index (χ1) is 13.0. The summed E-state index contributed by atoms with van der Waals surface area (Å²) in [5.74, 6) is 0.455. The van der Waals surface area contributed by atoms with Crippen LogP contribution in [0.15, 0.2) is 65.8 Å². The highest BCUT2D eigenvalue weighted by atomic mass is 19.1. The lowest BCUT2D eigenvalue weighted by Crippen LogP contribution is -2.25. The van der Waals surface area contributed by atoms with Gasteiger partial charge in [0.05, 0.1) is 12.8 Å². The van der Waals surface area contributed by atoms with Gasteiger partial charge in [0.25, 0.3) is 5.91 Å². The van der Waals surface area contributed by atoms with E-state index in [0.717, 1.165) is 22.1 Å². The van der Waals surface area contributed by atoms with E-state index in [1.807, 2.05) is 43.3 Å². The van der Waals surface area contributed by atoms with Crippen LogP contribution in [-0.2, 0) is 4.79 Å².